The Balaban J connectivity index is 2.60. The molecule has 1 atom stereocenters. The van der Waals surface area contributed by atoms with Crippen molar-refractivity contribution in [3.8, 4) is 0 Å². The zero-order valence-electron chi connectivity index (χ0n) is 10.0. The number of anilines is 1. The second-order valence-corrected chi connectivity index (χ2v) is 5.56. The molecule has 2 N–H and O–H groups in total. The summed E-state index contributed by atoms with van der Waals surface area (Å²) in [6, 6.07) is 4.93. The number of aryl methyl sites for hydroxylation is 1. The fourth-order valence-electron chi connectivity index (χ4n) is 1.44. The largest absolute Gasteiger partial charge is 0.478 e. The van der Waals surface area contributed by atoms with Gasteiger partial charge in [0.05, 0.1) is 5.56 Å². The molecule has 0 amide bonds. The van der Waals surface area contributed by atoms with Crippen molar-refractivity contribution in [2.75, 3.05) is 23.4 Å². The Morgan fingerprint density at radius 1 is 1.47 bits per heavy atom. The second kappa shape index (κ2) is 6.39. The first-order valence-corrected chi connectivity index (χ1v) is 6.96. The maximum absolute atomic E-state index is 11.2. The van der Waals surface area contributed by atoms with Gasteiger partial charge >= 0.3 is 5.97 Å². The highest BCUT2D eigenvalue weighted by Crippen LogP contribution is 2.16. The van der Waals surface area contributed by atoms with Gasteiger partial charge in [-0.25, -0.2) is 4.79 Å². The van der Waals surface area contributed by atoms with Gasteiger partial charge in [-0.2, -0.15) is 0 Å². The maximum Gasteiger partial charge on any atom is 0.335 e. The average molecular weight is 255 g/mol. The quantitative estimate of drug-likeness (QED) is 0.814. The van der Waals surface area contributed by atoms with E-state index >= 15 is 0 Å². The first-order valence-electron chi connectivity index (χ1n) is 5.47. The van der Waals surface area contributed by atoms with Crippen LogP contribution in [-0.4, -0.2) is 33.3 Å². The molecule has 0 aliphatic heterocycles. The number of nitrogens with one attached hydrogen (secondary N) is 1. The van der Waals surface area contributed by atoms with E-state index in [0.29, 0.717) is 18.1 Å². The Kier molecular flexibility index (Phi) is 5.15. The number of carboxylic acid groups (broad SMARTS) is 1. The van der Waals surface area contributed by atoms with Gasteiger partial charge in [-0.3, -0.25) is 4.21 Å². The lowest BCUT2D eigenvalue weighted by atomic mass is 10.1. The predicted octanol–water partition coefficient (Wildman–Crippen LogP) is 1.87. The van der Waals surface area contributed by atoms with Crippen LogP contribution >= 0.6 is 0 Å². The van der Waals surface area contributed by atoms with Crippen LogP contribution in [0.1, 0.15) is 22.8 Å². The Hall–Kier alpha value is -1.36. The molecule has 0 radical (unpaired) electrons. The van der Waals surface area contributed by atoms with Crippen molar-refractivity contribution in [1.82, 2.24) is 0 Å². The summed E-state index contributed by atoms with van der Waals surface area (Å²) in [5.74, 6) is 0.349. The molecule has 0 aromatic heterocycles. The molecule has 0 saturated carbocycles. The molecule has 0 aliphatic carbocycles. The summed E-state index contributed by atoms with van der Waals surface area (Å²) in [6.07, 6.45) is 0. The van der Waals surface area contributed by atoms with Gasteiger partial charge in [0, 0.05) is 34.5 Å². The summed E-state index contributed by atoms with van der Waals surface area (Å²) in [7, 11) is -0.776. The molecule has 0 fully saturated rings. The van der Waals surface area contributed by atoms with Gasteiger partial charge < -0.3 is 10.4 Å². The van der Waals surface area contributed by atoms with Gasteiger partial charge in [0.25, 0.3) is 0 Å². The van der Waals surface area contributed by atoms with Gasteiger partial charge in [0.1, 0.15) is 0 Å². The highest BCUT2D eigenvalue weighted by Gasteiger charge is 2.05. The molecule has 0 bridgehead atoms. The van der Waals surface area contributed by atoms with Crippen LogP contribution in [0, 0.1) is 6.92 Å². The molecule has 94 valence electrons. The van der Waals surface area contributed by atoms with Gasteiger partial charge in [-0.15, -0.1) is 0 Å². The Labute approximate surface area is 104 Å². The summed E-state index contributed by atoms with van der Waals surface area (Å²) in [4.78, 5) is 10.7. The molecule has 1 rings (SSSR count). The van der Waals surface area contributed by atoms with E-state index in [0.717, 1.165) is 11.3 Å². The first-order chi connectivity index (χ1) is 8.04. The highest BCUT2D eigenvalue weighted by atomic mass is 32.2. The Morgan fingerprint density at radius 3 is 2.71 bits per heavy atom. The average Bonchev–Trinajstić information content (AvgIpc) is 2.30. The van der Waals surface area contributed by atoms with Gasteiger partial charge in [0.15, 0.2) is 0 Å². The molecule has 0 aliphatic rings. The fourth-order valence-corrected chi connectivity index (χ4v) is 2.06. The van der Waals surface area contributed by atoms with E-state index in [1.54, 1.807) is 18.2 Å². The van der Waals surface area contributed by atoms with E-state index in [1.165, 1.54) is 0 Å². The molecule has 0 saturated heterocycles. The monoisotopic (exact) mass is 255 g/mol. The minimum atomic E-state index is -0.924. The summed E-state index contributed by atoms with van der Waals surface area (Å²) in [5, 5.41) is 12.0. The molecular weight excluding hydrogens is 238 g/mol. The number of carbonyl (C=O) groups is 1. The minimum Gasteiger partial charge on any atom is -0.478 e. The summed E-state index contributed by atoms with van der Waals surface area (Å²) < 4.78 is 11.2. The molecule has 1 aromatic carbocycles. The third kappa shape index (κ3) is 4.19. The smallest absolute Gasteiger partial charge is 0.335 e. The molecule has 17 heavy (non-hydrogen) atoms. The van der Waals surface area contributed by atoms with Crippen molar-refractivity contribution < 1.29 is 14.1 Å². The fraction of sp³-hybridized carbons (Fsp3) is 0.417. The SMILES string of the molecule is CCS(=O)CCNc1ccc(C(=O)O)cc1C. The number of hydrogen-bond donors (Lipinski definition) is 2. The molecular formula is C12H17NO3S. The summed E-state index contributed by atoms with van der Waals surface area (Å²) >= 11 is 0. The van der Waals surface area contributed by atoms with Gasteiger partial charge in [0.2, 0.25) is 0 Å². The van der Waals surface area contributed by atoms with Crippen molar-refractivity contribution in [3.05, 3.63) is 29.3 Å². The molecule has 1 unspecified atom stereocenters. The summed E-state index contributed by atoms with van der Waals surface area (Å²) in [5.41, 5.74) is 2.06. The predicted molar refractivity (Wildman–Crippen MR) is 70.2 cm³/mol. The molecule has 1 aromatic rings. The van der Waals surface area contributed by atoms with Crippen molar-refractivity contribution in [2.45, 2.75) is 13.8 Å². The van der Waals surface area contributed by atoms with Crippen LogP contribution in [0.5, 0.6) is 0 Å². The normalized spacial score (nSPS) is 12.1. The van der Waals surface area contributed by atoms with E-state index in [1.807, 2.05) is 13.8 Å². The summed E-state index contributed by atoms with van der Waals surface area (Å²) in [6.45, 7) is 4.38. The number of aromatic carboxylic acids is 1. The van der Waals surface area contributed by atoms with Crippen LogP contribution in [0.3, 0.4) is 0 Å². The van der Waals surface area contributed by atoms with Crippen molar-refractivity contribution in [3.63, 3.8) is 0 Å². The van der Waals surface area contributed by atoms with E-state index in [4.69, 9.17) is 5.11 Å². The Morgan fingerprint density at radius 2 is 2.18 bits per heavy atom. The van der Waals surface area contributed by atoms with Crippen LogP contribution in [0.2, 0.25) is 0 Å². The first kappa shape index (κ1) is 13.7. The highest BCUT2D eigenvalue weighted by molar-refractivity contribution is 7.84. The van der Waals surface area contributed by atoms with Crippen LogP contribution in [-0.2, 0) is 10.8 Å². The topological polar surface area (TPSA) is 66.4 Å². The molecule has 5 heteroatoms. The van der Waals surface area contributed by atoms with Crippen LogP contribution in [0.4, 0.5) is 5.69 Å². The number of rotatable bonds is 6. The molecule has 4 nitrogen and oxygen atoms in total. The molecule has 0 spiro atoms. The number of carboxylic acids is 1. The van der Waals surface area contributed by atoms with E-state index in [9.17, 15) is 9.00 Å². The third-order valence-electron chi connectivity index (χ3n) is 2.44. The van der Waals surface area contributed by atoms with Crippen LogP contribution < -0.4 is 5.32 Å². The van der Waals surface area contributed by atoms with E-state index < -0.39 is 16.8 Å². The lowest BCUT2D eigenvalue weighted by Gasteiger charge is -2.09. The lowest BCUT2D eigenvalue weighted by Crippen LogP contribution is -2.12. The van der Waals surface area contributed by atoms with E-state index in [2.05, 4.69) is 5.32 Å². The minimum absolute atomic E-state index is 0.283. The van der Waals surface area contributed by atoms with E-state index in [-0.39, 0.29) is 5.56 Å². The zero-order chi connectivity index (χ0) is 12.8. The zero-order valence-corrected chi connectivity index (χ0v) is 10.8. The maximum atomic E-state index is 11.2. The van der Waals surface area contributed by atoms with Crippen molar-refractivity contribution >= 4 is 22.5 Å². The van der Waals surface area contributed by atoms with Gasteiger partial charge in [-0.05, 0) is 30.7 Å². The number of benzene rings is 1. The molecule has 0 heterocycles. The van der Waals surface area contributed by atoms with Crippen molar-refractivity contribution in [2.24, 2.45) is 0 Å². The van der Waals surface area contributed by atoms with Gasteiger partial charge in [-0.1, -0.05) is 6.92 Å². The Bertz CT molecular complexity index is 432. The second-order valence-electron chi connectivity index (χ2n) is 3.69. The number of hydrogen-bond acceptors (Lipinski definition) is 3. The van der Waals surface area contributed by atoms with Crippen molar-refractivity contribution in [1.29, 1.82) is 0 Å². The van der Waals surface area contributed by atoms with Crippen LogP contribution in [0.15, 0.2) is 18.2 Å². The van der Waals surface area contributed by atoms with Crippen LogP contribution in [0.25, 0.3) is 0 Å². The lowest BCUT2D eigenvalue weighted by molar-refractivity contribution is 0.0697. The third-order valence-corrected chi connectivity index (χ3v) is 3.74. The standard InChI is InChI=1S/C12H17NO3S/c1-3-17(16)7-6-13-11-5-4-10(12(14)15)8-9(11)2/h4-5,8,13H,3,6-7H2,1-2H3,(H,14,15).